The van der Waals surface area contributed by atoms with Crippen LogP contribution in [0.2, 0.25) is 0 Å². The second kappa shape index (κ2) is 6.18. The smallest absolute Gasteiger partial charge is 0.211 e. The van der Waals surface area contributed by atoms with Crippen LogP contribution < -0.4 is 0 Å². The second-order valence-electron chi connectivity index (χ2n) is 7.60. The van der Waals surface area contributed by atoms with Crippen LogP contribution in [0.15, 0.2) is 30.5 Å². The molecule has 0 radical (unpaired) electrons. The predicted molar refractivity (Wildman–Crippen MR) is 102 cm³/mol. The van der Waals surface area contributed by atoms with Gasteiger partial charge in [-0.25, -0.2) is 17.7 Å². The molecule has 4 rings (SSSR count). The van der Waals surface area contributed by atoms with E-state index in [1.807, 2.05) is 6.20 Å². The highest BCUT2D eigenvalue weighted by molar-refractivity contribution is 7.88. The maximum absolute atomic E-state index is 11.9. The summed E-state index contributed by atoms with van der Waals surface area (Å²) in [6.45, 7) is 5.05. The molecule has 26 heavy (non-hydrogen) atoms. The zero-order valence-electron chi connectivity index (χ0n) is 15.6. The van der Waals surface area contributed by atoms with E-state index in [2.05, 4.69) is 47.7 Å². The van der Waals surface area contributed by atoms with Gasteiger partial charge in [0.25, 0.3) is 0 Å². The van der Waals surface area contributed by atoms with Gasteiger partial charge in [-0.2, -0.15) is 0 Å². The average Bonchev–Trinajstić information content (AvgIpc) is 3.04. The number of sulfonamides is 1. The molecule has 1 spiro atoms. The fraction of sp³-hybridized carbons (Fsp3) is 0.526. The molecular weight excluding hydrogens is 348 g/mol. The van der Waals surface area contributed by atoms with Crippen molar-refractivity contribution in [2.24, 2.45) is 0 Å². The SMILES string of the molecule is Cc1ccc(-c2cnc3n2CCN(C)C32CCN(S(C)(=O)=O)CC2)cc1. The lowest BCUT2D eigenvalue weighted by molar-refractivity contribution is 0.0276. The van der Waals surface area contributed by atoms with E-state index >= 15 is 0 Å². The Morgan fingerprint density at radius 1 is 1.04 bits per heavy atom. The fourth-order valence-electron chi connectivity index (χ4n) is 4.36. The van der Waals surface area contributed by atoms with Crippen LogP contribution in [-0.2, 0) is 22.1 Å². The maximum Gasteiger partial charge on any atom is 0.211 e. The van der Waals surface area contributed by atoms with Crippen molar-refractivity contribution in [3.8, 4) is 11.3 Å². The first-order valence-electron chi connectivity index (χ1n) is 9.11. The highest BCUT2D eigenvalue weighted by Gasteiger charge is 2.46. The number of nitrogens with zero attached hydrogens (tertiary/aromatic N) is 4. The van der Waals surface area contributed by atoms with E-state index in [1.54, 1.807) is 4.31 Å². The Morgan fingerprint density at radius 2 is 1.69 bits per heavy atom. The van der Waals surface area contributed by atoms with Gasteiger partial charge in [0, 0.05) is 26.2 Å². The lowest BCUT2D eigenvalue weighted by atomic mass is 9.84. The van der Waals surface area contributed by atoms with Crippen molar-refractivity contribution in [2.75, 3.05) is 32.9 Å². The molecule has 140 valence electrons. The number of imidazole rings is 1. The molecule has 1 fully saturated rings. The second-order valence-corrected chi connectivity index (χ2v) is 9.58. The van der Waals surface area contributed by atoms with E-state index in [9.17, 15) is 8.42 Å². The Labute approximate surface area is 155 Å². The van der Waals surface area contributed by atoms with E-state index in [0.717, 1.165) is 37.4 Å². The van der Waals surface area contributed by atoms with E-state index in [1.165, 1.54) is 17.4 Å². The molecule has 1 saturated heterocycles. The minimum absolute atomic E-state index is 0.178. The van der Waals surface area contributed by atoms with Gasteiger partial charge >= 0.3 is 0 Å². The van der Waals surface area contributed by atoms with Crippen LogP contribution in [-0.4, -0.2) is 60.1 Å². The van der Waals surface area contributed by atoms with Crippen LogP contribution in [0.5, 0.6) is 0 Å². The van der Waals surface area contributed by atoms with Crippen molar-refractivity contribution in [3.05, 3.63) is 41.9 Å². The number of benzene rings is 1. The summed E-state index contributed by atoms with van der Waals surface area (Å²) in [4.78, 5) is 7.19. The molecule has 2 aromatic rings. The molecule has 0 amide bonds. The monoisotopic (exact) mass is 374 g/mol. The van der Waals surface area contributed by atoms with Crippen molar-refractivity contribution in [1.82, 2.24) is 18.8 Å². The maximum atomic E-state index is 11.9. The number of hydrogen-bond donors (Lipinski definition) is 0. The quantitative estimate of drug-likeness (QED) is 0.807. The van der Waals surface area contributed by atoms with Gasteiger partial charge in [0.15, 0.2) is 0 Å². The first-order chi connectivity index (χ1) is 12.3. The van der Waals surface area contributed by atoms with Gasteiger partial charge in [-0.05, 0) is 32.4 Å². The number of hydrogen-bond acceptors (Lipinski definition) is 4. The Balaban J connectivity index is 1.71. The van der Waals surface area contributed by atoms with Crippen molar-refractivity contribution in [2.45, 2.75) is 31.8 Å². The van der Waals surface area contributed by atoms with Gasteiger partial charge in [-0.1, -0.05) is 29.8 Å². The van der Waals surface area contributed by atoms with Crippen LogP contribution in [0.3, 0.4) is 0 Å². The highest BCUT2D eigenvalue weighted by atomic mass is 32.2. The summed E-state index contributed by atoms with van der Waals surface area (Å²) in [5.41, 5.74) is 3.40. The van der Waals surface area contributed by atoms with Crippen LogP contribution in [0, 0.1) is 6.92 Å². The first-order valence-corrected chi connectivity index (χ1v) is 11.0. The number of piperidine rings is 1. The normalized spacial score (nSPS) is 21.0. The van der Waals surface area contributed by atoms with Gasteiger partial charge in [0.2, 0.25) is 10.0 Å². The number of aryl methyl sites for hydroxylation is 1. The van der Waals surface area contributed by atoms with E-state index in [4.69, 9.17) is 4.98 Å². The molecule has 7 heteroatoms. The molecule has 1 aromatic heterocycles. The van der Waals surface area contributed by atoms with Crippen molar-refractivity contribution >= 4 is 10.0 Å². The Bertz CT molecular complexity index is 910. The third-order valence-corrected chi connectivity index (χ3v) is 7.33. The van der Waals surface area contributed by atoms with Crippen molar-refractivity contribution in [1.29, 1.82) is 0 Å². The van der Waals surface area contributed by atoms with Crippen LogP contribution in [0.4, 0.5) is 0 Å². The zero-order valence-corrected chi connectivity index (χ0v) is 16.5. The van der Waals surface area contributed by atoms with Crippen LogP contribution in [0.25, 0.3) is 11.3 Å². The summed E-state index contributed by atoms with van der Waals surface area (Å²) in [5.74, 6) is 1.08. The number of aromatic nitrogens is 2. The van der Waals surface area contributed by atoms with Crippen LogP contribution in [0.1, 0.15) is 24.2 Å². The molecule has 0 unspecified atom stereocenters. The lowest BCUT2D eigenvalue weighted by Crippen LogP contribution is -2.56. The first kappa shape index (κ1) is 17.7. The average molecular weight is 375 g/mol. The summed E-state index contributed by atoms with van der Waals surface area (Å²) < 4.78 is 27.7. The lowest BCUT2D eigenvalue weighted by Gasteiger charge is -2.49. The van der Waals surface area contributed by atoms with Gasteiger partial charge in [0.05, 0.1) is 23.7 Å². The Morgan fingerprint density at radius 3 is 2.31 bits per heavy atom. The zero-order chi connectivity index (χ0) is 18.5. The minimum Gasteiger partial charge on any atom is -0.325 e. The predicted octanol–water partition coefficient (Wildman–Crippen LogP) is 2.05. The summed E-state index contributed by atoms with van der Waals surface area (Å²) in [6.07, 6.45) is 4.83. The molecule has 6 nitrogen and oxygen atoms in total. The molecule has 0 bridgehead atoms. The summed E-state index contributed by atoms with van der Waals surface area (Å²) in [7, 11) is -0.992. The van der Waals surface area contributed by atoms with E-state index in [0.29, 0.717) is 13.1 Å². The molecular formula is C19H26N4O2S. The molecule has 0 N–H and O–H groups in total. The fourth-order valence-corrected chi connectivity index (χ4v) is 5.20. The molecule has 0 atom stereocenters. The van der Waals surface area contributed by atoms with Gasteiger partial charge in [-0.3, -0.25) is 4.90 Å². The Kier molecular flexibility index (Phi) is 4.21. The highest BCUT2D eigenvalue weighted by Crippen LogP contribution is 2.41. The molecule has 1 aromatic carbocycles. The third kappa shape index (κ3) is 2.78. The molecule has 2 aliphatic rings. The molecule has 2 aliphatic heterocycles. The van der Waals surface area contributed by atoms with E-state index < -0.39 is 10.0 Å². The van der Waals surface area contributed by atoms with Gasteiger partial charge in [0.1, 0.15) is 5.82 Å². The van der Waals surface area contributed by atoms with Gasteiger partial charge < -0.3 is 4.57 Å². The number of fused-ring (bicyclic) bond motifs is 2. The van der Waals surface area contributed by atoms with E-state index in [-0.39, 0.29) is 5.54 Å². The van der Waals surface area contributed by atoms with Crippen molar-refractivity contribution in [3.63, 3.8) is 0 Å². The standard InChI is InChI=1S/C19H26N4O2S/c1-15-4-6-16(7-5-15)17-14-20-18-19(21(2)12-13-23(17)18)8-10-22(11-9-19)26(3,24)25/h4-7,14H,8-13H2,1-3H3. The molecule has 0 saturated carbocycles. The number of rotatable bonds is 2. The number of likely N-dealkylation sites (N-methyl/N-ethyl adjacent to an activating group) is 1. The van der Waals surface area contributed by atoms with Gasteiger partial charge in [-0.15, -0.1) is 0 Å². The largest absolute Gasteiger partial charge is 0.325 e. The van der Waals surface area contributed by atoms with Crippen molar-refractivity contribution < 1.29 is 8.42 Å². The summed E-state index contributed by atoms with van der Waals surface area (Å²) in [6, 6.07) is 8.56. The molecule has 3 heterocycles. The third-order valence-electron chi connectivity index (χ3n) is 6.03. The van der Waals surface area contributed by atoms with Crippen LogP contribution >= 0.6 is 0 Å². The molecule has 0 aliphatic carbocycles. The topological polar surface area (TPSA) is 58.4 Å². The Hall–Kier alpha value is -1.70. The summed E-state index contributed by atoms with van der Waals surface area (Å²) in [5, 5.41) is 0. The minimum atomic E-state index is -3.13. The summed E-state index contributed by atoms with van der Waals surface area (Å²) >= 11 is 0.